The van der Waals surface area contributed by atoms with Crippen LogP contribution in [0, 0.1) is 0 Å². The third-order valence-electron chi connectivity index (χ3n) is 2.48. The summed E-state index contributed by atoms with van der Waals surface area (Å²) in [6.07, 6.45) is 1.46. The van der Waals surface area contributed by atoms with Crippen LogP contribution in [0.1, 0.15) is 30.6 Å². The molecule has 0 amide bonds. The minimum absolute atomic E-state index is 0.00984. The highest BCUT2D eigenvalue weighted by Crippen LogP contribution is 2.18. The van der Waals surface area contributed by atoms with Crippen LogP contribution in [-0.4, -0.2) is 59.7 Å². The molecule has 118 valence electrons. The van der Waals surface area contributed by atoms with Crippen LogP contribution in [0.4, 0.5) is 0 Å². The standard InChI is InChI=1S/C11H17N3O6S/c1-3-5-14(7-9(15)16)21(18,19)10-8(6-12-13-10)11(17)20-4-2/h6H,3-5,7H2,1-2H3,(H,12,13)(H,15,16). The summed E-state index contributed by atoms with van der Waals surface area (Å²) in [6.45, 7) is 2.69. The van der Waals surface area contributed by atoms with E-state index in [-0.39, 0.29) is 18.7 Å². The third kappa shape index (κ3) is 4.02. The number of rotatable bonds is 8. The third-order valence-corrected chi connectivity index (χ3v) is 4.30. The molecule has 1 heterocycles. The molecule has 1 aromatic rings. The second-order valence-electron chi connectivity index (χ2n) is 4.07. The van der Waals surface area contributed by atoms with Crippen LogP contribution in [-0.2, 0) is 19.6 Å². The summed E-state index contributed by atoms with van der Waals surface area (Å²) >= 11 is 0. The fourth-order valence-corrected chi connectivity index (χ4v) is 3.18. The number of hydrogen-bond donors (Lipinski definition) is 2. The van der Waals surface area contributed by atoms with Gasteiger partial charge in [-0.3, -0.25) is 9.89 Å². The smallest absolute Gasteiger partial charge is 0.342 e. The lowest BCUT2D eigenvalue weighted by atomic mass is 10.4. The molecule has 0 unspecified atom stereocenters. The van der Waals surface area contributed by atoms with Crippen LogP contribution >= 0.6 is 0 Å². The number of hydrogen-bond acceptors (Lipinski definition) is 6. The molecule has 0 fully saturated rings. The summed E-state index contributed by atoms with van der Waals surface area (Å²) in [5.74, 6) is -2.12. The zero-order chi connectivity index (χ0) is 16.0. The number of carboxylic acids is 1. The van der Waals surface area contributed by atoms with Gasteiger partial charge in [-0.25, -0.2) is 13.2 Å². The molecule has 0 bridgehead atoms. The van der Waals surface area contributed by atoms with Gasteiger partial charge in [0.15, 0.2) is 5.03 Å². The Labute approximate surface area is 121 Å². The summed E-state index contributed by atoms with van der Waals surface area (Å²) in [4.78, 5) is 22.5. The second kappa shape index (κ2) is 7.18. The minimum atomic E-state index is -4.18. The van der Waals surface area contributed by atoms with Crippen molar-refractivity contribution in [2.24, 2.45) is 0 Å². The molecule has 9 nitrogen and oxygen atoms in total. The fourth-order valence-electron chi connectivity index (χ4n) is 1.64. The van der Waals surface area contributed by atoms with Crippen molar-refractivity contribution in [1.82, 2.24) is 14.5 Å². The highest BCUT2D eigenvalue weighted by Gasteiger charge is 2.32. The van der Waals surface area contributed by atoms with E-state index in [2.05, 4.69) is 10.2 Å². The van der Waals surface area contributed by atoms with Gasteiger partial charge >= 0.3 is 11.9 Å². The SMILES string of the molecule is CCCN(CC(=O)O)S(=O)(=O)c1[nH]ncc1C(=O)OCC. The van der Waals surface area contributed by atoms with Gasteiger partial charge in [-0.15, -0.1) is 0 Å². The van der Waals surface area contributed by atoms with Gasteiger partial charge in [-0.05, 0) is 13.3 Å². The zero-order valence-corrected chi connectivity index (χ0v) is 12.5. The number of carbonyl (C=O) groups excluding carboxylic acids is 1. The van der Waals surface area contributed by atoms with Crippen LogP contribution in [0.5, 0.6) is 0 Å². The van der Waals surface area contributed by atoms with Gasteiger partial charge in [0.2, 0.25) is 0 Å². The summed E-state index contributed by atoms with van der Waals surface area (Å²) in [7, 11) is -4.18. The Hall–Kier alpha value is -1.94. The van der Waals surface area contributed by atoms with Crippen molar-refractivity contribution in [3.8, 4) is 0 Å². The molecule has 2 N–H and O–H groups in total. The lowest BCUT2D eigenvalue weighted by Gasteiger charge is -2.18. The Morgan fingerprint density at radius 1 is 1.43 bits per heavy atom. The molecule has 0 aliphatic heterocycles. The number of aliphatic carboxylic acids is 1. The predicted octanol–water partition coefficient (Wildman–Crippen LogP) is 0.0717. The Balaban J connectivity index is 3.19. The monoisotopic (exact) mass is 319 g/mol. The van der Waals surface area contributed by atoms with E-state index in [4.69, 9.17) is 9.84 Å². The van der Waals surface area contributed by atoms with E-state index in [1.807, 2.05) is 0 Å². The molecule has 0 radical (unpaired) electrons. The molecule has 0 aliphatic carbocycles. The number of H-pyrrole nitrogens is 1. The number of sulfonamides is 1. The van der Waals surface area contributed by atoms with Crippen molar-refractivity contribution in [2.75, 3.05) is 19.7 Å². The molecule has 0 saturated carbocycles. The highest BCUT2D eigenvalue weighted by atomic mass is 32.2. The first-order valence-corrected chi connectivity index (χ1v) is 7.71. The average Bonchev–Trinajstić information content (AvgIpc) is 2.88. The summed E-state index contributed by atoms with van der Waals surface area (Å²) in [6, 6.07) is 0. The Morgan fingerprint density at radius 2 is 2.10 bits per heavy atom. The molecule has 0 spiro atoms. The maximum atomic E-state index is 12.4. The van der Waals surface area contributed by atoms with Crippen LogP contribution in [0.25, 0.3) is 0 Å². The van der Waals surface area contributed by atoms with E-state index in [9.17, 15) is 18.0 Å². The highest BCUT2D eigenvalue weighted by molar-refractivity contribution is 7.89. The van der Waals surface area contributed by atoms with Gasteiger partial charge in [-0.1, -0.05) is 6.92 Å². The first-order valence-electron chi connectivity index (χ1n) is 6.27. The van der Waals surface area contributed by atoms with Crippen LogP contribution in [0.2, 0.25) is 0 Å². The second-order valence-corrected chi connectivity index (χ2v) is 5.94. The first-order chi connectivity index (χ1) is 9.84. The molecule has 0 saturated heterocycles. The molecule has 0 atom stereocenters. The molecule has 10 heteroatoms. The largest absolute Gasteiger partial charge is 0.480 e. The first kappa shape index (κ1) is 17.1. The zero-order valence-electron chi connectivity index (χ0n) is 11.7. The van der Waals surface area contributed by atoms with Gasteiger partial charge < -0.3 is 9.84 Å². The number of ether oxygens (including phenoxy) is 1. The number of nitrogens with one attached hydrogen (secondary N) is 1. The van der Waals surface area contributed by atoms with Crippen molar-refractivity contribution in [1.29, 1.82) is 0 Å². The van der Waals surface area contributed by atoms with Crippen LogP contribution < -0.4 is 0 Å². The number of carboxylic acid groups (broad SMARTS) is 1. The van der Waals surface area contributed by atoms with E-state index in [1.165, 1.54) is 0 Å². The molecular formula is C11H17N3O6S. The topological polar surface area (TPSA) is 130 Å². The van der Waals surface area contributed by atoms with E-state index >= 15 is 0 Å². The summed E-state index contributed by atoms with van der Waals surface area (Å²) in [5.41, 5.74) is -0.247. The number of aromatic nitrogens is 2. The fraction of sp³-hybridized carbons (Fsp3) is 0.545. The van der Waals surface area contributed by atoms with E-state index in [0.29, 0.717) is 6.42 Å². The maximum Gasteiger partial charge on any atom is 0.342 e. The van der Waals surface area contributed by atoms with E-state index < -0.39 is 33.5 Å². The van der Waals surface area contributed by atoms with Gasteiger partial charge in [-0.2, -0.15) is 9.40 Å². The lowest BCUT2D eigenvalue weighted by Crippen LogP contribution is -2.37. The average molecular weight is 319 g/mol. The van der Waals surface area contributed by atoms with E-state index in [0.717, 1.165) is 10.5 Å². The quantitative estimate of drug-likeness (QED) is 0.648. The normalized spacial score (nSPS) is 11.6. The Bertz CT molecular complexity index is 609. The summed E-state index contributed by atoms with van der Waals surface area (Å²) < 4.78 is 30.4. The minimum Gasteiger partial charge on any atom is -0.480 e. The van der Waals surface area contributed by atoms with Crippen molar-refractivity contribution >= 4 is 22.0 Å². The van der Waals surface area contributed by atoms with Gasteiger partial charge in [0, 0.05) is 6.54 Å². The van der Waals surface area contributed by atoms with Crippen LogP contribution in [0.15, 0.2) is 11.2 Å². The molecule has 0 aromatic carbocycles. The van der Waals surface area contributed by atoms with E-state index in [1.54, 1.807) is 13.8 Å². The number of nitrogens with zero attached hydrogens (tertiary/aromatic N) is 2. The molecule has 21 heavy (non-hydrogen) atoms. The maximum absolute atomic E-state index is 12.4. The molecular weight excluding hydrogens is 302 g/mol. The van der Waals surface area contributed by atoms with Gasteiger partial charge in [0.05, 0.1) is 12.8 Å². The van der Waals surface area contributed by atoms with Crippen molar-refractivity contribution in [3.05, 3.63) is 11.8 Å². The Kier molecular flexibility index (Phi) is 5.85. The predicted molar refractivity (Wildman–Crippen MR) is 71.2 cm³/mol. The number of aromatic amines is 1. The molecule has 0 aliphatic rings. The summed E-state index contributed by atoms with van der Waals surface area (Å²) in [5, 5.41) is 14.1. The molecule has 1 rings (SSSR count). The number of carbonyl (C=O) groups is 2. The van der Waals surface area contributed by atoms with Crippen LogP contribution in [0.3, 0.4) is 0 Å². The van der Waals surface area contributed by atoms with Gasteiger partial charge in [0.1, 0.15) is 12.1 Å². The van der Waals surface area contributed by atoms with Crippen molar-refractivity contribution < 1.29 is 27.9 Å². The lowest BCUT2D eigenvalue weighted by molar-refractivity contribution is -0.137. The Morgan fingerprint density at radius 3 is 2.62 bits per heavy atom. The number of esters is 1. The molecule has 1 aromatic heterocycles. The van der Waals surface area contributed by atoms with Crippen molar-refractivity contribution in [2.45, 2.75) is 25.3 Å². The van der Waals surface area contributed by atoms with Crippen molar-refractivity contribution in [3.63, 3.8) is 0 Å². The van der Waals surface area contributed by atoms with Gasteiger partial charge in [0.25, 0.3) is 10.0 Å².